The van der Waals surface area contributed by atoms with Crippen LogP contribution in [0.5, 0.6) is 0 Å². The first kappa shape index (κ1) is 13.2. The molecule has 1 atom stereocenters. The van der Waals surface area contributed by atoms with Crippen molar-refractivity contribution in [3.05, 3.63) is 59.2 Å². The minimum absolute atomic E-state index is 0.189. The van der Waals surface area contributed by atoms with Gasteiger partial charge in [0.25, 0.3) is 0 Å². The molecule has 2 rings (SSSR count). The van der Waals surface area contributed by atoms with Crippen molar-refractivity contribution in [1.29, 1.82) is 0 Å². The summed E-state index contributed by atoms with van der Waals surface area (Å²) in [5.41, 5.74) is 0.258. The Balaban J connectivity index is 2.64. The van der Waals surface area contributed by atoms with Crippen LogP contribution in [-0.4, -0.2) is 27.0 Å². The molecule has 1 unspecified atom stereocenters. The van der Waals surface area contributed by atoms with Gasteiger partial charge >= 0.3 is 11.9 Å². The van der Waals surface area contributed by atoms with E-state index in [9.17, 15) is 14.7 Å². The van der Waals surface area contributed by atoms with Gasteiger partial charge in [0, 0.05) is 4.86 Å². The van der Waals surface area contributed by atoms with Crippen LogP contribution >= 0.6 is 12.2 Å². The van der Waals surface area contributed by atoms with Crippen molar-refractivity contribution < 1.29 is 19.8 Å². The number of carboxylic acids is 2. The predicted octanol–water partition coefficient (Wildman–Crippen LogP) is 2.18. The van der Waals surface area contributed by atoms with E-state index in [0.29, 0.717) is 10.4 Å². The molecule has 0 amide bonds. The Labute approximate surface area is 114 Å². The first-order valence-electron chi connectivity index (χ1n) is 5.50. The molecule has 1 aromatic rings. The molecular formula is C14H10O4S. The van der Waals surface area contributed by atoms with Crippen molar-refractivity contribution in [3.63, 3.8) is 0 Å². The summed E-state index contributed by atoms with van der Waals surface area (Å²) < 4.78 is 0. The third kappa shape index (κ3) is 2.46. The fraction of sp³-hybridized carbons (Fsp3) is 0.0714. The smallest absolute Gasteiger partial charge is 0.336 e. The van der Waals surface area contributed by atoms with Gasteiger partial charge in [0.1, 0.15) is 0 Å². The molecular weight excluding hydrogens is 264 g/mol. The van der Waals surface area contributed by atoms with Gasteiger partial charge in [-0.05, 0) is 17.7 Å². The van der Waals surface area contributed by atoms with Crippen LogP contribution in [0.25, 0.3) is 0 Å². The van der Waals surface area contributed by atoms with E-state index in [1.54, 1.807) is 30.3 Å². The number of benzene rings is 1. The Bertz CT molecular complexity index is 614. The van der Waals surface area contributed by atoms with Crippen LogP contribution in [0.15, 0.2) is 53.6 Å². The van der Waals surface area contributed by atoms with Crippen molar-refractivity contribution in [3.8, 4) is 0 Å². The summed E-state index contributed by atoms with van der Waals surface area (Å²) in [4.78, 5) is 22.9. The quantitative estimate of drug-likeness (QED) is 0.826. The topological polar surface area (TPSA) is 74.6 Å². The number of hydrogen-bond acceptors (Lipinski definition) is 3. The summed E-state index contributed by atoms with van der Waals surface area (Å²) in [6, 6.07) is 8.79. The first-order chi connectivity index (χ1) is 9.02. The van der Waals surface area contributed by atoms with Crippen LogP contribution in [0.1, 0.15) is 11.5 Å². The maximum absolute atomic E-state index is 11.4. The number of allylic oxidation sites excluding steroid dienone is 1. The van der Waals surface area contributed by atoms with Crippen LogP contribution in [0.2, 0.25) is 0 Å². The van der Waals surface area contributed by atoms with Gasteiger partial charge in [-0.1, -0.05) is 42.5 Å². The van der Waals surface area contributed by atoms with Crippen LogP contribution in [0, 0.1) is 0 Å². The van der Waals surface area contributed by atoms with Crippen molar-refractivity contribution in [2.75, 3.05) is 0 Å². The summed E-state index contributed by atoms with van der Waals surface area (Å²) >= 11 is 5.17. The van der Waals surface area contributed by atoms with Crippen LogP contribution < -0.4 is 0 Å². The van der Waals surface area contributed by atoms with Crippen molar-refractivity contribution >= 4 is 29.0 Å². The van der Waals surface area contributed by atoms with E-state index in [1.807, 2.05) is 0 Å². The molecule has 0 aliphatic heterocycles. The van der Waals surface area contributed by atoms with Gasteiger partial charge < -0.3 is 10.2 Å². The third-order valence-electron chi connectivity index (χ3n) is 2.87. The van der Waals surface area contributed by atoms with E-state index in [2.05, 4.69) is 0 Å². The van der Waals surface area contributed by atoms with Gasteiger partial charge in [-0.15, -0.1) is 0 Å². The second kappa shape index (κ2) is 5.16. The molecule has 0 spiro atoms. The summed E-state index contributed by atoms with van der Waals surface area (Å²) in [6.07, 6.45) is 2.72. The zero-order valence-corrected chi connectivity index (χ0v) is 10.6. The first-order valence-corrected chi connectivity index (χ1v) is 5.91. The lowest BCUT2D eigenvalue weighted by Crippen LogP contribution is -2.24. The lowest BCUT2D eigenvalue weighted by Gasteiger charge is -2.22. The van der Waals surface area contributed by atoms with E-state index in [-0.39, 0.29) is 11.1 Å². The maximum atomic E-state index is 11.4. The summed E-state index contributed by atoms with van der Waals surface area (Å²) in [7, 11) is 0. The molecule has 0 saturated heterocycles. The van der Waals surface area contributed by atoms with Crippen molar-refractivity contribution in [1.82, 2.24) is 0 Å². The number of aliphatic carboxylic acids is 2. The minimum Gasteiger partial charge on any atom is -0.478 e. The molecule has 1 aliphatic rings. The normalized spacial score (nSPS) is 18.5. The summed E-state index contributed by atoms with van der Waals surface area (Å²) in [6.45, 7) is 0. The zero-order chi connectivity index (χ0) is 14.0. The van der Waals surface area contributed by atoms with Crippen molar-refractivity contribution in [2.45, 2.75) is 5.92 Å². The van der Waals surface area contributed by atoms with Gasteiger partial charge in [-0.2, -0.15) is 0 Å². The molecule has 0 fully saturated rings. The number of carbonyl (C=O) groups is 2. The van der Waals surface area contributed by atoms with Gasteiger partial charge in [-0.3, -0.25) is 0 Å². The number of thiocarbonyl (C=S) groups is 1. The van der Waals surface area contributed by atoms with E-state index in [1.165, 1.54) is 12.2 Å². The molecule has 0 radical (unpaired) electrons. The van der Waals surface area contributed by atoms with E-state index in [0.717, 1.165) is 0 Å². The molecule has 1 aromatic carbocycles. The Morgan fingerprint density at radius 2 is 1.63 bits per heavy atom. The van der Waals surface area contributed by atoms with Crippen LogP contribution in [-0.2, 0) is 9.59 Å². The standard InChI is InChI=1S/C14H10O4S/c15-13(16)9-6-7-10(19)11(12(9)14(17)18)8-4-2-1-3-5-8/h1-7,11H,(H,15,16)(H,17,18). The largest absolute Gasteiger partial charge is 0.478 e. The highest BCUT2D eigenvalue weighted by molar-refractivity contribution is 7.80. The second-order valence-electron chi connectivity index (χ2n) is 4.02. The van der Waals surface area contributed by atoms with Crippen LogP contribution in [0.4, 0.5) is 0 Å². The second-order valence-corrected chi connectivity index (χ2v) is 4.49. The Kier molecular flexibility index (Phi) is 3.57. The van der Waals surface area contributed by atoms with Crippen molar-refractivity contribution in [2.24, 2.45) is 0 Å². The highest BCUT2D eigenvalue weighted by Gasteiger charge is 2.32. The molecule has 5 heteroatoms. The van der Waals surface area contributed by atoms with E-state index >= 15 is 0 Å². The highest BCUT2D eigenvalue weighted by Crippen LogP contribution is 2.33. The summed E-state index contributed by atoms with van der Waals surface area (Å²) in [5, 5.41) is 18.4. The molecule has 0 aromatic heterocycles. The molecule has 0 bridgehead atoms. The molecule has 4 nitrogen and oxygen atoms in total. The third-order valence-corrected chi connectivity index (χ3v) is 3.24. The molecule has 2 N–H and O–H groups in total. The molecule has 0 heterocycles. The monoisotopic (exact) mass is 274 g/mol. The molecule has 96 valence electrons. The average Bonchev–Trinajstić information content (AvgIpc) is 2.38. The molecule has 0 saturated carbocycles. The van der Waals surface area contributed by atoms with Gasteiger partial charge in [0.15, 0.2) is 0 Å². The maximum Gasteiger partial charge on any atom is 0.336 e. The fourth-order valence-corrected chi connectivity index (χ4v) is 2.37. The zero-order valence-electron chi connectivity index (χ0n) is 9.74. The van der Waals surface area contributed by atoms with Crippen LogP contribution in [0.3, 0.4) is 0 Å². The fourth-order valence-electron chi connectivity index (χ4n) is 2.05. The minimum atomic E-state index is -1.27. The number of hydrogen-bond donors (Lipinski definition) is 2. The van der Waals surface area contributed by atoms with Gasteiger partial charge in [-0.25, -0.2) is 9.59 Å². The van der Waals surface area contributed by atoms with E-state index < -0.39 is 17.9 Å². The van der Waals surface area contributed by atoms with Gasteiger partial charge in [0.2, 0.25) is 0 Å². The Morgan fingerprint density at radius 3 is 2.16 bits per heavy atom. The Morgan fingerprint density at radius 1 is 1.00 bits per heavy atom. The number of carboxylic acid groups (broad SMARTS) is 2. The number of rotatable bonds is 3. The lowest BCUT2D eigenvalue weighted by atomic mass is 9.82. The predicted molar refractivity (Wildman–Crippen MR) is 73.2 cm³/mol. The Hall–Kier alpha value is -2.27. The van der Waals surface area contributed by atoms with E-state index in [4.69, 9.17) is 17.3 Å². The highest BCUT2D eigenvalue weighted by atomic mass is 32.1. The van der Waals surface area contributed by atoms with Gasteiger partial charge in [0.05, 0.1) is 17.1 Å². The summed E-state index contributed by atoms with van der Waals surface area (Å²) in [5.74, 6) is -3.24. The SMILES string of the molecule is O=C(O)C1=C(C(=O)O)C(c2ccccc2)C(=S)C=C1. The average molecular weight is 274 g/mol. The lowest BCUT2D eigenvalue weighted by molar-refractivity contribution is -0.135. The molecule has 1 aliphatic carbocycles. The molecule has 19 heavy (non-hydrogen) atoms.